The summed E-state index contributed by atoms with van der Waals surface area (Å²) in [5.74, 6) is 1.45. The molecule has 1 aliphatic rings. The number of aromatic nitrogens is 3. The first-order valence-electron chi connectivity index (χ1n) is 6.71. The molecule has 1 fully saturated rings. The molecule has 0 amide bonds. The van der Waals surface area contributed by atoms with E-state index in [1.54, 1.807) is 11.3 Å². The summed E-state index contributed by atoms with van der Waals surface area (Å²) in [6.45, 7) is 5.12. The normalized spacial score (nSPS) is 20.6. The van der Waals surface area contributed by atoms with Crippen molar-refractivity contribution in [2.75, 3.05) is 13.1 Å². The van der Waals surface area contributed by atoms with Gasteiger partial charge in [-0.15, -0.1) is 11.3 Å². The van der Waals surface area contributed by atoms with Gasteiger partial charge >= 0.3 is 0 Å². The average Bonchev–Trinajstić information content (AvgIpc) is 2.93. The van der Waals surface area contributed by atoms with Crippen molar-refractivity contribution in [3.8, 4) is 0 Å². The number of aryl methyl sites for hydroxylation is 1. The molecule has 19 heavy (non-hydrogen) atoms. The summed E-state index contributed by atoms with van der Waals surface area (Å²) in [5, 5.41) is 3.35. The molecule has 0 spiro atoms. The lowest BCUT2D eigenvalue weighted by Crippen LogP contribution is -2.34. The van der Waals surface area contributed by atoms with Gasteiger partial charge in [0.15, 0.2) is 0 Å². The molecule has 0 N–H and O–H groups in total. The molecule has 0 radical (unpaired) electrons. The largest absolute Gasteiger partial charge is 0.297 e. The van der Waals surface area contributed by atoms with Gasteiger partial charge in [-0.2, -0.15) is 0 Å². The molecular weight excluding hydrogens is 256 g/mol. The SMILES string of the molecule is Cc1nccc(CN2CCCC(c3nccs3)C2)n1. The second-order valence-electron chi connectivity index (χ2n) is 5.04. The molecule has 1 saturated heterocycles. The lowest BCUT2D eigenvalue weighted by Gasteiger charge is -2.31. The fourth-order valence-corrected chi connectivity index (χ4v) is 3.43. The molecule has 4 nitrogen and oxygen atoms in total. The molecule has 0 aromatic carbocycles. The van der Waals surface area contributed by atoms with Crippen LogP contribution in [0.4, 0.5) is 0 Å². The van der Waals surface area contributed by atoms with Gasteiger partial charge in [-0.25, -0.2) is 15.0 Å². The maximum absolute atomic E-state index is 4.49. The third-order valence-corrected chi connectivity index (χ3v) is 4.46. The smallest absolute Gasteiger partial charge is 0.125 e. The van der Waals surface area contributed by atoms with E-state index in [0.717, 1.165) is 31.2 Å². The van der Waals surface area contributed by atoms with Crippen molar-refractivity contribution < 1.29 is 0 Å². The summed E-state index contributed by atoms with van der Waals surface area (Å²) in [6, 6.07) is 2.01. The number of hydrogen-bond donors (Lipinski definition) is 0. The molecule has 5 heteroatoms. The molecule has 100 valence electrons. The van der Waals surface area contributed by atoms with E-state index in [1.165, 1.54) is 17.8 Å². The van der Waals surface area contributed by atoms with Crippen molar-refractivity contribution in [2.45, 2.75) is 32.2 Å². The first kappa shape index (κ1) is 12.7. The fourth-order valence-electron chi connectivity index (χ4n) is 2.66. The van der Waals surface area contributed by atoms with Crippen molar-refractivity contribution in [3.05, 3.63) is 40.4 Å². The number of likely N-dealkylation sites (tertiary alicyclic amines) is 1. The summed E-state index contributed by atoms with van der Waals surface area (Å²) in [6.07, 6.45) is 6.26. The number of piperidine rings is 1. The molecule has 2 aromatic rings. The van der Waals surface area contributed by atoms with Crippen molar-refractivity contribution in [1.29, 1.82) is 0 Å². The van der Waals surface area contributed by atoms with Crippen LogP contribution in [-0.4, -0.2) is 32.9 Å². The van der Waals surface area contributed by atoms with E-state index < -0.39 is 0 Å². The topological polar surface area (TPSA) is 41.9 Å². The molecule has 2 aromatic heterocycles. The van der Waals surface area contributed by atoms with Crippen molar-refractivity contribution in [1.82, 2.24) is 19.9 Å². The summed E-state index contributed by atoms with van der Waals surface area (Å²) >= 11 is 1.78. The second-order valence-corrected chi connectivity index (χ2v) is 5.97. The summed E-state index contributed by atoms with van der Waals surface area (Å²) < 4.78 is 0. The van der Waals surface area contributed by atoms with Crippen LogP contribution in [0.3, 0.4) is 0 Å². The van der Waals surface area contributed by atoms with Crippen LogP contribution >= 0.6 is 11.3 Å². The molecule has 3 heterocycles. The van der Waals surface area contributed by atoms with E-state index in [0.29, 0.717) is 5.92 Å². The molecule has 0 bridgehead atoms. The van der Waals surface area contributed by atoms with Crippen LogP contribution in [-0.2, 0) is 6.54 Å². The van der Waals surface area contributed by atoms with Crippen molar-refractivity contribution in [3.63, 3.8) is 0 Å². The molecule has 1 aliphatic heterocycles. The average molecular weight is 274 g/mol. The Morgan fingerprint density at radius 2 is 2.32 bits per heavy atom. The third kappa shape index (κ3) is 3.16. The Kier molecular flexibility index (Phi) is 3.84. The Bertz CT molecular complexity index is 526. The van der Waals surface area contributed by atoms with E-state index in [-0.39, 0.29) is 0 Å². The molecular formula is C14H18N4S. The van der Waals surface area contributed by atoms with Gasteiger partial charge in [-0.3, -0.25) is 4.90 Å². The van der Waals surface area contributed by atoms with Gasteiger partial charge < -0.3 is 0 Å². The second kappa shape index (κ2) is 5.75. The first-order valence-corrected chi connectivity index (χ1v) is 7.59. The van der Waals surface area contributed by atoms with Crippen LogP contribution in [0.25, 0.3) is 0 Å². The Labute approximate surface area is 117 Å². The summed E-state index contributed by atoms with van der Waals surface area (Å²) in [7, 11) is 0. The van der Waals surface area contributed by atoms with E-state index in [1.807, 2.05) is 25.4 Å². The van der Waals surface area contributed by atoms with Crippen LogP contribution in [0.1, 0.15) is 35.3 Å². The van der Waals surface area contributed by atoms with Gasteiger partial charge in [0.1, 0.15) is 5.82 Å². The van der Waals surface area contributed by atoms with E-state index in [2.05, 4.69) is 25.2 Å². The standard InChI is InChI=1S/C14H18N4S/c1-11-15-5-4-13(17-11)10-18-7-2-3-12(9-18)14-16-6-8-19-14/h4-6,8,12H,2-3,7,9-10H2,1H3. The summed E-state index contributed by atoms with van der Waals surface area (Å²) in [4.78, 5) is 15.6. The van der Waals surface area contributed by atoms with Crippen LogP contribution in [0.5, 0.6) is 0 Å². The highest BCUT2D eigenvalue weighted by atomic mass is 32.1. The zero-order valence-corrected chi connectivity index (χ0v) is 11.9. The minimum Gasteiger partial charge on any atom is -0.297 e. The Balaban J connectivity index is 1.65. The first-order chi connectivity index (χ1) is 9.31. The highest BCUT2D eigenvalue weighted by Crippen LogP contribution is 2.28. The lowest BCUT2D eigenvalue weighted by atomic mass is 9.98. The molecule has 1 unspecified atom stereocenters. The highest BCUT2D eigenvalue weighted by molar-refractivity contribution is 7.09. The Morgan fingerprint density at radius 3 is 3.11 bits per heavy atom. The fraction of sp³-hybridized carbons (Fsp3) is 0.500. The van der Waals surface area contributed by atoms with Crippen molar-refractivity contribution in [2.24, 2.45) is 0 Å². The van der Waals surface area contributed by atoms with E-state index in [4.69, 9.17) is 0 Å². The minimum absolute atomic E-state index is 0.594. The van der Waals surface area contributed by atoms with Gasteiger partial charge in [-0.05, 0) is 32.4 Å². The minimum atomic E-state index is 0.594. The van der Waals surface area contributed by atoms with Gasteiger partial charge in [-0.1, -0.05) is 0 Å². The number of rotatable bonds is 3. The summed E-state index contributed by atoms with van der Waals surface area (Å²) in [5.41, 5.74) is 1.12. The third-order valence-electron chi connectivity index (χ3n) is 3.53. The molecule has 3 rings (SSSR count). The maximum Gasteiger partial charge on any atom is 0.125 e. The van der Waals surface area contributed by atoms with E-state index >= 15 is 0 Å². The predicted molar refractivity (Wildman–Crippen MR) is 76.1 cm³/mol. The van der Waals surface area contributed by atoms with Crippen LogP contribution in [0, 0.1) is 6.92 Å². The van der Waals surface area contributed by atoms with Gasteiger partial charge in [0, 0.05) is 36.8 Å². The van der Waals surface area contributed by atoms with Crippen LogP contribution in [0.15, 0.2) is 23.8 Å². The van der Waals surface area contributed by atoms with Gasteiger partial charge in [0.2, 0.25) is 0 Å². The van der Waals surface area contributed by atoms with E-state index in [9.17, 15) is 0 Å². The van der Waals surface area contributed by atoms with Crippen molar-refractivity contribution >= 4 is 11.3 Å². The number of nitrogens with zero attached hydrogens (tertiary/aromatic N) is 4. The Morgan fingerprint density at radius 1 is 1.37 bits per heavy atom. The highest BCUT2D eigenvalue weighted by Gasteiger charge is 2.23. The Hall–Kier alpha value is -1.33. The number of thiazole rings is 1. The van der Waals surface area contributed by atoms with Gasteiger partial charge in [0.25, 0.3) is 0 Å². The van der Waals surface area contributed by atoms with Gasteiger partial charge in [0.05, 0.1) is 10.7 Å². The quantitative estimate of drug-likeness (QED) is 0.863. The van der Waals surface area contributed by atoms with Crippen LogP contribution < -0.4 is 0 Å². The predicted octanol–water partition coefficient (Wildman–Crippen LogP) is 2.62. The number of hydrogen-bond acceptors (Lipinski definition) is 5. The van der Waals surface area contributed by atoms with Crippen LogP contribution in [0.2, 0.25) is 0 Å². The zero-order chi connectivity index (χ0) is 13.1. The zero-order valence-electron chi connectivity index (χ0n) is 11.1. The molecule has 1 atom stereocenters. The molecule has 0 saturated carbocycles. The lowest BCUT2D eigenvalue weighted by molar-refractivity contribution is 0.198. The maximum atomic E-state index is 4.49. The molecule has 0 aliphatic carbocycles. The monoisotopic (exact) mass is 274 g/mol.